The number of benzene rings is 2. The molecule has 9 heteroatoms. The van der Waals surface area contributed by atoms with E-state index in [0.717, 1.165) is 32.6 Å². The van der Waals surface area contributed by atoms with E-state index in [9.17, 15) is 4.79 Å². The molecule has 33 heavy (non-hydrogen) atoms. The predicted molar refractivity (Wildman–Crippen MR) is 130 cm³/mol. The molecule has 0 spiro atoms. The standard InChI is InChI=1S/C24H17N7OS/c25-13-6-4-12(5-7-13)22-29-21-16(24-27-8-9-33-24)10-15(20(26)19(21)23(32)30-22)14-2-1-3-18-17(14)11-28-31-18/h1-11,15,26H,25H2,(H,28,31)(H,29,30,32). The van der Waals surface area contributed by atoms with Crippen LogP contribution in [0.15, 0.2) is 71.1 Å². The number of hydrogen-bond donors (Lipinski definition) is 4. The van der Waals surface area contributed by atoms with E-state index in [-0.39, 0.29) is 16.8 Å². The molecule has 160 valence electrons. The number of rotatable bonds is 3. The molecule has 5 N–H and O–H groups in total. The van der Waals surface area contributed by atoms with Crippen molar-refractivity contribution in [2.24, 2.45) is 0 Å². The van der Waals surface area contributed by atoms with Gasteiger partial charge < -0.3 is 16.1 Å². The summed E-state index contributed by atoms with van der Waals surface area (Å²) in [5.74, 6) is -0.0210. The van der Waals surface area contributed by atoms with Crippen molar-refractivity contribution in [3.05, 3.63) is 98.5 Å². The Balaban J connectivity index is 1.60. The molecule has 0 saturated heterocycles. The van der Waals surface area contributed by atoms with Gasteiger partial charge in [-0.1, -0.05) is 18.2 Å². The first-order valence-electron chi connectivity index (χ1n) is 10.2. The second-order valence-corrected chi connectivity index (χ2v) is 8.64. The van der Waals surface area contributed by atoms with Crippen molar-refractivity contribution >= 4 is 39.2 Å². The van der Waals surface area contributed by atoms with E-state index >= 15 is 0 Å². The van der Waals surface area contributed by atoms with Gasteiger partial charge in [-0.3, -0.25) is 9.89 Å². The lowest BCUT2D eigenvalue weighted by atomic mass is 9.81. The Bertz CT molecular complexity index is 1610. The van der Waals surface area contributed by atoms with Gasteiger partial charge in [0.25, 0.3) is 5.56 Å². The van der Waals surface area contributed by atoms with Gasteiger partial charge in [0.05, 0.1) is 28.7 Å². The quantitative estimate of drug-likeness (QED) is 0.308. The summed E-state index contributed by atoms with van der Waals surface area (Å²) in [6.45, 7) is 0. The van der Waals surface area contributed by atoms with Crippen LogP contribution in [0.2, 0.25) is 0 Å². The molecule has 2 aromatic carbocycles. The Labute approximate surface area is 191 Å². The molecule has 1 aliphatic carbocycles. The average molecular weight is 452 g/mol. The Kier molecular flexibility index (Phi) is 4.30. The van der Waals surface area contributed by atoms with Crippen LogP contribution in [-0.4, -0.2) is 30.9 Å². The SMILES string of the molecule is N=C1c2c(nc(-c3ccc(N)cc3)[nH]c2=O)C(c2nccs2)=CC1c1cccc2[nH]ncc12. The molecule has 1 unspecified atom stereocenters. The molecule has 8 nitrogen and oxygen atoms in total. The molecular formula is C24H17N7OS. The second-order valence-electron chi connectivity index (χ2n) is 7.75. The van der Waals surface area contributed by atoms with E-state index in [1.165, 1.54) is 11.3 Å². The van der Waals surface area contributed by atoms with Crippen LogP contribution in [0.4, 0.5) is 5.69 Å². The zero-order valence-corrected chi connectivity index (χ0v) is 18.0. The van der Waals surface area contributed by atoms with Gasteiger partial charge >= 0.3 is 0 Å². The molecule has 0 fully saturated rings. The molecule has 3 heterocycles. The third-order valence-corrected chi connectivity index (χ3v) is 6.59. The zero-order valence-electron chi connectivity index (χ0n) is 17.2. The first kappa shape index (κ1) is 19.3. The number of aromatic nitrogens is 5. The monoisotopic (exact) mass is 451 g/mol. The molecule has 0 radical (unpaired) electrons. The van der Waals surface area contributed by atoms with Crippen LogP contribution >= 0.6 is 11.3 Å². The molecule has 1 atom stereocenters. The predicted octanol–water partition coefficient (Wildman–Crippen LogP) is 3.95. The summed E-state index contributed by atoms with van der Waals surface area (Å²) < 4.78 is 0. The fourth-order valence-corrected chi connectivity index (χ4v) is 4.88. The Morgan fingerprint density at radius 1 is 1.12 bits per heavy atom. The molecule has 6 rings (SSSR count). The lowest BCUT2D eigenvalue weighted by Crippen LogP contribution is -2.29. The number of thiazole rings is 1. The summed E-state index contributed by atoms with van der Waals surface area (Å²) in [5, 5.41) is 19.6. The third-order valence-electron chi connectivity index (χ3n) is 5.79. The van der Waals surface area contributed by atoms with E-state index in [1.807, 2.05) is 41.8 Å². The number of allylic oxidation sites excluding steroid dienone is 1. The molecule has 3 aromatic heterocycles. The van der Waals surface area contributed by atoms with Crippen molar-refractivity contribution in [3.8, 4) is 11.4 Å². The van der Waals surface area contributed by atoms with Crippen molar-refractivity contribution in [2.45, 2.75) is 5.92 Å². The number of anilines is 1. The number of nitrogens with one attached hydrogen (secondary N) is 3. The fraction of sp³-hybridized carbons (Fsp3) is 0.0417. The maximum atomic E-state index is 13.3. The van der Waals surface area contributed by atoms with Gasteiger partial charge in [0.1, 0.15) is 10.8 Å². The van der Waals surface area contributed by atoms with Crippen LogP contribution in [0.25, 0.3) is 27.9 Å². The Hall–Kier alpha value is -4.37. The maximum absolute atomic E-state index is 13.3. The molecule has 0 amide bonds. The van der Waals surface area contributed by atoms with Gasteiger partial charge in [-0.25, -0.2) is 9.97 Å². The summed E-state index contributed by atoms with van der Waals surface area (Å²) in [7, 11) is 0. The van der Waals surface area contributed by atoms with Crippen molar-refractivity contribution in [1.82, 2.24) is 25.1 Å². The topological polar surface area (TPSA) is 137 Å². The highest BCUT2D eigenvalue weighted by atomic mass is 32.1. The lowest BCUT2D eigenvalue weighted by molar-refractivity contribution is 1.04. The van der Waals surface area contributed by atoms with Crippen molar-refractivity contribution in [3.63, 3.8) is 0 Å². The Morgan fingerprint density at radius 3 is 2.76 bits per heavy atom. The van der Waals surface area contributed by atoms with Crippen LogP contribution in [0, 0.1) is 5.41 Å². The van der Waals surface area contributed by atoms with Crippen LogP contribution in [0.5, 0.6) is 0 Å². The largest absolute Gasteiger partial charge is 0.399 e. The van der Waals surface area contributed by atoms with Crippen LogP contribution in [-0.2, 0) is 0 Å². The summed E-state index contributed by atoms with van der Waals surface area (Å²) >= 11 is 1.47. The highest BCUT2D eigenvalue weighted by molar-refractivity contribution is 7.10. The summed E-state index contributed by atoms with van der Waals surface area (Å²) in [5.41, 5.74) is 10.2. The van der Waals surface area contributed by atoms with Gasteiger partial charge in [0.15, 0.2) is 0 Å². The molecule has 5 aromatic rings. The minimum atomic E-state index is -0.442. The van der Waals surface area contributed by atoms with Gasteiger partial charge in [-0.15, -0.1) is 11.3 Å². The van der Waals surface area contributed by atoms with E-state index < -0.39 is 5.92 Å². The maximum Gasteiger partial charge on any atom is 0.260 e. The summed E-state index contributed by atoms with van der Waals surface area (Å²) in [4.78, 5) is 25.4. The van der Waals surface area contributed by atoms with Gasteiger partial charge in [-0.2, -0.15) is 5.10 Å². The number of H-pyrrole nitrogens is 2. The van der Waals surface area contributed by atoms with Crippen LogP contribution in [0.1, 0.15) is 27.7 Å². The number of nitrogen functional groups attached to an aromatic ring is 1. The normalized spacial score (nSPS) is 15.5. The number of fused-ring (bicyclic) bond motifs is 2. The third kappa shape index (κ3) is 3.09. The first-order chi connectivity index (χ1) is 16.1. The Morgan fingerprint density at radius 2 is 1.97 bits per heavy atom. The smallest absolute Gasteiger partial charge is 0.260 e. The number of hydrogen-bond acceptors (Lipinski definition) is 7. The van der Waals surface area contributed by atoms with Crippen molar-refractivity contribution in [1.29, 1.82) is 5.41 Å². The van der Waals surface area contributed by atoms with E-state index in [4.69, 9.17) is 16.1 Å². The highest BCUT2D eigenvalue weighted by Gasteiger charge is 2.32. The van der Waals surface area contributed by atoms with Gasteiger partial charge in [0, 0.05) is 39.7 Å². The van der Waals surface area contributed by atoms with Crippen molar-refractivity contribution in [2.75, 3.05) is 5.73 Å². The second kappa shape index (κ2) is 7.35. The van der Waals surface area contributed by atoms with Gasteiger partial charge in [0.2, 0.25) is 0 Å². The highest BCUT2D eigenvalue weighted by Crippen LogP contribution is 2.38. The first-order valence-corrected chi connectivity index (χ1v) is 11.1. The van der Waals surface area contributed by atoms with Crippen LogP contribution < -0.4 is 11.3 Å². The molecule has 1 aliphatic rings. The fourth-order valence-electron chi connectivity index (χ4n) is 4.22. The van der Waals surface area contributed by atoms with E-state index in [2.05, 4.69) is 20.2 Å². The average Bonchev–Trinajstić information content (AvgIpc) is 3.52. The van der Waals surface area contributed by atoms with Gasteiger partial charge in [-0.05, 0) is 35.9 Å². The van der Waals surface area contributed by atoms with E-state index in [1.54, 1.807) is 24.5 Å². The van der Waals surface area contributed by atoms with E-state index in [0.29, 0.717) is 17.2 Å². The lowest BCUT2D eigenvalue weighted by Gasteiger charge is -2.24. The number of aromatic amines is 2. The zero-order chi connectivity index (χ0) is 22.5. The molecule has 0 aliphatic heterocycles. The molecular weight excluding hydrogens is 434 g/mol. The molecule has 0 bridgehead atoms. The minimum absolute atomic E-state index is 0.191. The summed E-state index contributed by atoms with van der Waals surface area (Å²) in [6, 6.07) is 13.0. The number of nitrogens with two attached hydrogens (primary N) is 1. The molecule has 0 saturated carbocycles. The number of nitrogens with zero attached hydrogens (tertiary/aromatic N) is 3. The van der Waals surface area contributed by atoms with Crippen molar-refractivity contribution < 1.29 is 0 Å². The minimum Gasteiger partial charge on any atom is -0.399 e. The summed E-state index contributed by atoms with van der Waals surface area (Å²) in [6.07, 6.45) is 5.45. The van der Waals surface area contributed by atoms with Crippen LogP contribution in [0.3, 0.4) is 0 Å².